The number of rotatable bonds is 5. The lowest BCUT2D eigenvalue weighted by molar-refractivity contribution is 0.513. The first-order valence-corrected chi connectivity index (χ1v) is 7.56. The van der Waals surface area contributed by atoms with Crippen molar-refractivity contribution in [2.75, 3.05) is 0 Å². The fourth-order valence-corrected chi connectivity index (χ4v) is 2.49. The number of aromatic nitrogens is 7. The Balaban J connectivity index is 1.46. The molecule has 0 saturated carbocycles. The number of tetrazole rings is 1. The monoisotopic (exact) mass is 321 g/mol. The number of hydrogen-bond acceptors (Lipinski definition) is 6. The Morgan fingerprint density at radius 2 is 1.96 bits per heavy atom. The third kappa shape index (κ3) is 2.81. The van der Waals surface area contributed by atoms with Gasteiger partial charge >= 0.3 is 0 Å². The van der Waals surface area contributed by atoms with Gasteiger partial charge in [0.2, 0.25) is 11.7 Å². The zero-order chi connectivity index (χ0) is 16.4. The molecule has 0 saturated heterocycles. The maximum atomic E-state index is 5.38. The molecular weight excluding hydrogens is 306 g/mol. The Labute approximate surface area is 137 Å². The summed E-state index contributed by atoms with van der Waals surface area (Å²) in [6.07, 6.45) is 4.79. The van der Waals surface area contributed by atoms with E-state index in [0.717, 1.165) is 24.2 Å². The van der Waals surface area contributed by atoms with Crippen LogP contribution in [0.25, 0.3) is 17.3 Å². The maximum Gasteiger partial charge on any atom is 0.221 e. The van der Waals surface area contributed by atoms with Crippen molar-refractivity contribution in [2.45, 2.75) is 12.8 Å². The van der Waals surface area contributed by atoms with Gasteiger partial charge in [-0.1, -0.05) is 24.3 Å². The van der Waals surface area contributed by atoms with E-state index >= 15 is 0 Å². The maximum absolute atomic E-state index is 5.38. The van der Waals surface area contributed by atoms with Gasteiger partial charge in [0.25, 0.3) is 0 Å². The molecule has 0 aliphatic rings. The van der Waals surface area contributed by atoms with Crippen LogP contribution in [0.3, 0.4) is 0 Å². The van der Waals surface area contributed by atoms with Crippen LogP contribution >= 0.6 is 0 Å². The quantitative estimate of drug-likeness (QED) is 0.557. The van der Waals surface area contributed by atoms with Gasteiger partial charge in [-0.25, -0.2) is 4.98 Å². The molecule has 24 heavy (non-hydrogen) atoms. The molecule has 0 spiro atoms. The van der Waals surface area contributed by atoms with Gasteiger partial charge in [0.15, 0.2) is 0 Å². The van der Waals surface area contributed by atoms with Crippen LogP contribution in [0.1, 0.15) is 11.4 Å². The fraction of sp³-hybridized carbons (Fsp3) is 0.188. The molecule has 3 heterocycles. The predicted octanol–water partition coefficient (Wildman–Crippen LogP) is 1.84. The molecule has 0 bridgehead atoms. The predicted molar refractivity (Wildman–Crippen MR) is 85.3 cm³/mol. The Hall–Kier alpha value is -3.29. The molecule has 4 aromatic rings. The highest BCUT2D eigenvalue weighted by molar-refractivity contribution is 5.54. The van der Waals surface area contributed by atoms with E-state index in [4.69, 9.17) is 4.42 Å². The minimum Gasteiger partial charge on any atom is -0.447 e. The first-order chi connectivity index (χ1) is 11.8. The van der Waals surface area contributed by atoms with Crippen LogP contribution in [0.4, 0.5) is 0 Å². The van der Waals surface area contributed by atoms with Crippen molar-refractivity contribution in [2.24, 2.45) is 7.05 Å². The highest BCUT2D eigenvalue weighted by Gasteiger charge is 2.09. The molecule has 8 nitrogen and oxygen atoms in total. The van der Waals surface area contributed by atoms with E-state index in [1.807, 2.05) is 24.3 Å². The second-order valence-corrected chi connectivity index (χ2v) is 5.34. The summed E-state index contributed by atoms with van der Waals surface area (Å²) < 4.78 is 7.10. The molecule has 0 aliphatic carbocycles. The van der Waals surface area contributed by atoms with Gasteiger partial charge in [0.05, 0.1) is 13.3 Å². The molecular formula is C16H15N7O. The van der Waals surface area contributed by atoms with Crippen molar-refractivity contribution in [3.05, 3.63) is 60.4 Å². The topological polar surface area (TPSA) is 87.5 Å². The average Bonchev–Trinajstić information content (AvgIpc) is 3.34. The molecule has 8 heteroatoms. The number of furan rings is 1. The number of benzene rings is 1. The van der Waals surface area contributed by atoms with Gasteiger partial charge in [0, 0.05) is 18.1 Å². The molecule has 0 N–H and O–H groups in total. The van der Waals surface area contributed by atoms with Crippen LogP contribution < -0.4 is 0 Å². The van der Waals surface area contributed by atoms with E-state index in [-0.39, 0.29) is 0 Å². The van der Waals surface area contributed by atoms with E-state index in [2.05, 4.69) is 37.6 Å². The first kappa shape index (κ1) is 14.3. The lowest BCUT2D eigenvalue weighted by Gasteiger charge is -2.04. The van der Waals surface area contributed by atoms with Crippen LogP contribution in [0.2, 0.25) is 0 Å². The van der Waals surface area contributed by atoms with Crippen LogP contribution in [0.5, 0.6) is 0 Å². The van der Waals surface area contributed by atoms with Crippen LogP contribution in [-0.2, 0) is 19.9 Å². The summed E-state index contributed by atoms with van der Waals surface area (Å²) in [5.41, 5.74) is 2.15. The summed E-state index contributed by atoms with van der Waals surface area (Å²) in [5.74, 6) is 2.16. The fourth-order valence-electron chi connectivity index (χ4n) is 2.49. The number of nitrogens with zero attached hydrogens (tertiary/aromatic N) is 7. The summed E-state index contributed by atoms with van der Waals surface area (Å²) in [7, 11) is 1.75. The molecule has 120 valence electrons. The number of aryl methyl sites for hydroxylation is 3. The normalized spacial score (nSPS) is 11.0. The second kappa shape index (κ2) is 6.07. The molecule has 0 unspecified atom stereocenters. The van der Waals surface area contributed by atoms with Gasteiger partial charge in [-0.3, -0.25) is 0 Å². The van der Waals surface area contributed by atoms with E-state index in [0.29, 0.717) is 11.7 Å². The van der Waals surface area contributed by atoms with Gasteiger partial charge in [-0.15, -0.1) is 10.2 Å². The molecule has 0 fully saturated rings. The Morgan fingerprint density at radius 3 is 2.67 bits per heavy atom. The SMILES string of the molecule is Cn1nnc(-c2ccc(CCc3ncnn3-c3ccco3)cc2)n1. The molecule has 0 aliphatic heterocycles. The minimum absolute atomic E-state index is 0.626. The van der Waals surface area contributed by atoms with E-state index in [9.17, 15) is 0 Å². The minimum atomic E-state index is 0.626. The highest BCUT2D eigenvalue weighted by Crippen LogP contribution is 2.16. The van der Waals surface area contributed by atoms with Crippen molar-refractivity contribution in [3.63, 3.8) is 0 Å². The third-order valence-electron chi connectivity index (χ3n) is 3.69. The third-order valence-corrected chi connectivity index (χ3v) is 3.69. The second-order valence-electron chi connectivity index (χ2n) is 5.34. The van der Waals surface area contributed by atoms with E-state index in [1.165, 1.54) is 10.4 Å². The van der Waals surface area contributed by atoms with Crippen molar-refractivity contribution >= 4 is 0 Å². The summed E-state index contributed by atoms with van der Waals surface area (Å²) in [6, 6.07) is 11.8. The average molecular weight is 321 g/mol. The van der Waals surface area contributed by atoms with Crippen molar-refractivity contribution in [1.29, 1.82) is 0 Å². The van der Waals surface area contributed by atoms with E-state index in [1.54, 1.807) is 24.3 Å². The summed E-state index contributed by atoms with van der Waals surface area (Å²) in [6.45, 7) is 0. The zero-order valence-corrected chi connectivity index (χ0v) is 13.1. The summed E-state index contributed by atoms with van der Waals surface area (Å²) in [4.78, 5) is 5.77. The molecule has 0 atom stereocenters. The summed E-state index contributed by atoms with van der Waals surface area (Å²) >= 11 is 0. The smallest absolute Gasteiger partial charge is 0.221 e. The lowest BCUT2D eigenvalue weighted by Crippen LogP contribution is -2.03. The molecule has 1 aromatic carbocycles. The van der Waals surface area contributed by atoms with Crippen molar-refractivity contribution in [1.82, 2.24) is 35.0 Å². The number of hydrogen-bond donors (Lipinski definition) is 0. The van der Waals surface area contributed by atoms with Crippen LogP contribution in [0, 0.1) is 0 Å². The largest absolute Gasteiger partial charge is 0.447 e. The lowest BCUT2D eigenvalue weighted by atomic mass is 10.1. The van der Waals surface area contributed by atoms with Crippen LogP contribution in [-0.4, -0.2) is 35.0 Å². The van der Waals surface area contributed by atoms with E-state index < -0.39 is 0 Å². The standard InChI is InChI=1S/C16H15N7O/c1-22-20-16(19-21-22)13-7-4-12(5-8-13)6-9-14-17-11-18-23(14)15-3-2-10-24-15/h2-5,7-8,10-11H,6,9H2,1H3. The molecule has 0 radical (unpaired) electrons. The highest BCUT2D eigenvalue weighted by atomic mass is 16.3. The molecule has 3 aromatic heterocycles. The zero-order valence-electron chi connectivity index (χ0n) is 13.1. The Morgan fingerprint density at radius 1 is 1.08 bits per heavy atom. The Kier molecular flexibility index (Phi) is 3.62. The van der Waals surface area contributed by atoms with Gasteiger partial charge in [-0.05, 0) is 23.3 Å². The van der Waals surface area contributed by atoms with Gasteiger partial charge in [-0.2, -0.15) is 14.6 Å². The Bertz CT molecular complexity index is 922. The molecule has 0 amide bonds. The van der Waals surface area contributed by atoms with Crippen LogP contribution in [0.15, 0.2) is 53.4 Å². The van der Waals surface area contributed by atoms with Gasteiger partial charge < -0.3 is 4.42 Å². The first-order valence-electron chi connectivity index (χ1n) is 7.56. The van der Waals surface area contributed by atoms with Gasteiger partial charge in [0.1, 0.15) is 12.2 Å². The summed E-state index contributed by atoms with van der Waals surface area (Å²) in [5, 5.41) is 16.3. The molecule has 4 rings (SSSR count). The van der Waals surface area contributed by atoms with Crippen molar-refractivity contribution in [3.8, 4) is 17.3 Å². The van der Waals surface area contributed by atoms with Crippen molar-refractivity contribution < 1.29 is 4.42 Å².